The smallest absolute Gasteiger partial charge is 0.244 e. The minimum Gasteiger partial charge on any atom is -0.453 e. The van der Waals surface area contributed by atoms with E-state index in [0.29, 0.717) is 17.0 Å². The summed E-state index contributed by atoms with van der Waals surface area (Å²) >= 11 is 0. The van der Waals surface area contributed by atoms with Gasteiger partial charge >= 0.3 is 0 Å². The number of rotatable bonds is 7. The first-order valence-corrected chi connectivity index (χ1v) is 9.64. The van der Waals surface area contributed by atoms with E-state index in [2.05, 4.69) is 15.6 Å². The zero-order valence-corrected chi connectivity index (χ0v) is 17.1. The second kappa shape index (κ2) is 10.2. The predicted octanol–water partition coefficient (Wildman–Crippen LogP) is 4.86. The third kappa shape index (κ3) is 6.50. The van der Waals surface area contributed by atoms with E-state index in [4.69, 9.17) is 4.74 Å². The van der Waals surface area contributed by atoms with E-state index in [0.717, 1.165) is 5.56 Å². The predicted molar refractivity (Wildman–Crippen MR) is 117 cm³/mol. The average molecular weight is 419 g/mol. The van der Waals surface area contributed by atoms with Gasteiger partial charge in [0.25, 0.3) is 0 Å². The van der Waals surface area contributed by atoms with Crippen LogP contribution in [0.25, 0.3) is 6.08 Å². The molecule has 7 heteroatoms. The van der Waals surface area contributed by atoms with Gasteiger partial charge in [-0.3, -0.25) is 14.6 Å². The molecule has 31 heavy (non-hydrogen) atoms. The fourth-order valence-electron chi connectivity index (χ4n) is 2.84. The number of pyridine rings is 1. The van der Waals surface area contributed by atoms with Gasteiger partial charge in [-0.15, -0.1) is 0 Å². The van der Waals surface area contributed by atoms with Gasteiger partial charge in [-0.2, -0.15) is 0 Å². The van der Waals surface area contributed by atoms with E-state index in [-0.39, 0.29) is 23.6 Å². The number of carbonyl (C=O) groups excluding carboxylic acids is 2. The number of halogens is 1. The summed E-state index contributed by atoms with van der Waals surface area (Å²) in [5, 5.41) is 5.55. The van der Waals surface area contributed by atoms with Gasteiger partial charge in [-0.1, -0.05) is 18.2 Å². The van der Waals surface area contributed by atoms with Gasteiger partial charge < -0.3 is 15.4 Å². The molecule has 0 aliphatic rings. The zero-order valence-electron chi connectivity index (χ0n) is 17.1. The molecular weight excluding hydrogens is 397 g/mol. The maximum atomic E-state index is 14.3. The van der Waals surface area contributed by atoms with Crippen LogP contribution in [0.4, 0.5) is 10.1 Å². The summed E-state index contributed by atoms with van der Waals surface area (Å²) in [5.74, 6) is -0.535. The summed E-state index contributed by atoms with van der Waals surface area (Å²) in [6, 6.07) is 14.8. The lowest BCUT2D eigenvalue weighted by atomic mass is 10.1. The molecule has 3 rings (SSSR count). The largest absolute Gasteiger partial charge is 0.453 e. The number of hydrogen-bond acceptors (Lipinski definition) is 4. The van der Waals surface area contributed by atoms with Crippen molar-refractivity contribution in [2.24, 2.45) is 0 Å². The number of nitrogens with one attached hydrogen (secondary N) is 2. The van der Waals surface area contributed by atoms with Crippen LogP contribution in [0, 0.1) is 5.82 Å². The lowest BCUT2D eigenvalue weighted by molar-refractivity contribution is -0.117. The molecule has 1 aromatic heterocycles. The minimum absolute atomic E-state index is 0.0716. The molecule has 0 aliphatic heterocycles. The maximum Gasteiger partial charge on any atom is 0.244 e. The van der Waals surface area contributed by atoms with Crippen molar-refractivity contribution in [2.75, 3.05) is 5.32 Å². The zero-order chi connectivity index (χ0) is 22.2. The Bertz CT molecular complexity index is 1100. The highest BCUT2D eigenvalue weighted by Gasteiger charge is 2.09. The van der Waals surface area contributed by atoms with E-state index in [1.165, 1.54) is 37.4 Å². The Morgan fingerprint density at radius 3 is 2.68 bits per heavy atom. The van der Waals surface area contributed by atoms with Crippen LogP contribution >= 0.6 is 0 Å². The monoisotopic (exact) mass is 419 g/mol. The third-order valence-electron chi connectivity index (χ3n) is 4.31. The molecule has 0 saturated carbocycles. The molecule has 6 nitrogen and oxygen atoms in total. The van der Waals surface area contributed by atoms with Crippen LogP contribution in [0.1, 0.15) is 31.0 Å². The average Bonchev–Trinajstić information content (AvgIpc) is 2.74. The van der Waals surface area contributed by atoms with Gasteiger partial charge in [-0.25, -0.2) is 4.39 Å². The number of nitrogens with zero attached hydrogens (tertiary/aromatic N) is 1. The van der Waals surface area contributed by atoms with Crippen molar-refractivity contribution >= 4 is 23.6 Å². The first kappa shape index (κ1) is 21.7. The highest BCUT2D eigenvalue weighted by molar-refractivity contribution is 5.92. The van der Waals surface area contributed by atoms with Crippen molar-refractivity contribution in [2.45, 2.75) is 19.9 Å². The SMILES string of the molecule is CC(=O)Nc1cccc(C(C)NC(=O)/C=C/c2ccc(Oc3cccnc3)c(F)c2)c1. The normalized spacial score (nSPS) is 11.7. The highest BCUT2D eigenvalue weighted by Crippen LogP contribution is 2.25. The summed E-state index contributed by atoms with van der Waals surface area (Å²) < 4.78 is 19.8. The van der Waals surface area contributed by atoms with Crippen LogP contribution in [0.15, 0.2) is 73.1 Å². The van der Waals surface area contributed by atoms with E-state index in [9.17, 15) is 14.0 Å². The van der Waals surface area contributed by atoms with Gasteiger partial charge in [0.2, 0.25) is 11.8 Å². The quantitative estimate of drug-likeness (QED) is 0.536. The van der Waals surface area contributed by atoms with Crippen LogP contribution in [0.3, 0.4) is 0 Å². The van der Waals surface area contributed by atoms with Crippen LogP contribution in [-0.4, -0.2) is 16.8 Å². The van der Waals surface area contributed by atoms with Gasteiger partial charge in [0, 0.05) is 24.9 Å². The molecule has 1 heterocycles. The number of amides is 2. The van der Waals surface area contributed by atoms with Crippen molar-refractivity contribution in [3.05, 3.63) is 90.0 Å². The molecule has 0 spiro atoms. The van der Waals surface area contributed by atoms with Gasteiger partial charge in [0.05, 0.1) is 12.2 Å². The number of hydrogen-bond donors (Lipinski definition) is 2. The molecule has 0 saturated heterocycles. The Kier molecular flexibility index (Phi) is 7.11. The van der Waals surface area contributed by atoms with Crippen LogP contribution in [-0.2, 0) is 9.59 Å². The van der Waals surface area contributed by atoms with Gasteiger partial charge in [0.15, 0.2) is 11.6 Å². The topological polar surface area (TPSA) is 80.3 Å². The van der Waals surface area contributed by atoms with Crippen molar-refractivity contribution in [1.82, 2.24) is 10.3 Å². The van der Waals surface area contributed by atoms with E-state index in [1.807, 2.05) is 13.0 Å². The Morgan fingerprint density at radius 1 is 1.13 bits per heavy atom. The van der Waals surface area contributed by atoms with Crippen molar-refractivity contribution in [3.8, 4) is 11.5 Å². The van der Waals surface area contributed by atoms with E-state index in [1.54, 1.807) is 42.6 Å². The Labute approximate surface area is 179 Å². The molecule has 0 radical (unpaired) electrons. The van der Waals surface area contributed by atoms with Gasteiger partial charge in [-0.05, 0) is 60.5 Å². The molecule has 3 aromatic rings. The molecule has 2 amide bonds. The second-order valence-electron chi connectivity index (χ2n) is 6.85. The third-order valence-corrected chi connectivity index (χ3v) is 4.31. The first-order valence-electron chi connectivity index (χ1n) is 9.64. The number of carbonyl (C=O) groups is 2. The van der Waals surface area contributed by atoms with Crippen LogP contribution in [0.2, 0.25) is 0 Å². The van der Waals surface area contributed by atoms with E-state index < -0.39 is 5.82 Å². The standard InChI is InChI=1S/C24H22FN3O3/c1-16(19-5-3-6-20(14-19)28-17(2)29)27-24(30)11-9-18-8-10-23(22(25)13-18)31-21-7-4-12-26-15-21/h3-16H,1-2H3,(H,27,30)(H,28,29)/b11-9+. The molecule has 2 aromatic carbocycles. The fraction of sp³-hybridized carbons (Fsp3) is 0.125. The summed E-state index contributed by atoms with van der Waals surface area (Å²) in [6.45, 7) is 3.27. The van der Waals surface area contributed by atoms with Crippen molar-refractivity contribution in [1.29, 1.82) is 0 Å². The van der Waals surface area contributed by atoms with Crippen LogP contribution in [0.5, 0.6) is 11.5 Å². The van der Waals surface area contributed by atoms with Crippen molar-refractivity contribution < 1.29 is 18.7 Å². The second-order valence-corrected chi connectivity index (χ2v) is 6.85. The number of ether oxygens (including phenoxy) is 1. The highest BCUT2D eigenvalue weighted by atomic mass is 19.1. The Morgan fingerprint density at radius 2 is 1.97 bits per heavy atom. The Hall–Kier alpha value is -4.00. The summed E-state index contributed by atoms with van der Waals surface area (Å²) in [4.78, 5) is 27.4. The molecule has 158 valence electrons. The molecule has 0 bridgehead atoms. The number of benzene rings is 2. The molecule has 1 unspecified atom stereocenters. The number of aromatic nitrogens is 1. The molecular formula is C24H22FN3O3. The van der Waals surface area contributed by atoms with Crippen molar-refractivity contribution in [3.63, 3.8) is 0 Å². The molecule has 2 N–H and O–H groups in total. The maximum absolute atomic E-state index is 14.3. The van der Waals surface area contributed by atoms with Crippen LogP contribution < -0.4 is 15.4 Å². The lowest BCUT2D eigenvalue weighted by Gasteiger charge is -2.14. The first-order chi connectivity index (χ1) is 14.9. The lowest BCUT2D eigenvalue weighted by Crippen LogP contribution is -2.24. The fourth-order valence-corrected chi connectivity index (χ4v) is 2.84. The minimum atomic E-state index is -0.547. The summed E-state index contributed by atoms with van der Waals surface area (Å²) in [6.07, 6.45) is 5.95. The number of anilines is 1. The molecule has 0 aliphatic carbocycles. The summed E-state index contributed by atoms with van der Waals surface area (Å²) in [5.41, 5.74) is 2.02. The Balaban J connectivity index is 1.60. The summed E-state index contributed by atoms with van der Waals surface area (Å²) in [7, 11) is 0. The van der Waals surface area contributed by atoms with E-state index >= 15 is 0 Å². The molecule has 0 fully saturated rings. The van der Waals surface area contributed by atoms with Gasteiger partial charge in [0.1, 0.15) is 5.75 Å². The molecule has 1 atom stereocenters.